The summed E-state index contributed by atoms with van der Waals surface area (Å²) in [5, 5.41) is 9.75. The van der Waals surface area contributed by atoms with Crippen LogP contribution in [0.2, 0.25) is 0 Å². The first-order valence-electron chi connectivity index (χ1n) is 3.68. The van der Waals surface area contributed by atoms with Crippen molar-refractivity contribution in [3.8, 4) is 0 Å². The molecule has 0 atom stereocenters. The van der Waals surface area contributed by atoms with Gasteiger partial charge in [0, 0.05) is 17.1 Å². The predicted molar refractivity (Wildman–Crippen MR) is 46.5 cm³/mol. The zero-order valence-corrected chi connectivity index (χ0v) is 6.45. The average Bonchev–Trinajstić information content (AvgIpc) is 2.46. The molecular weight excluding hydrogens is 154 g/mol. The fourth-order valence-electron chi connectivity index (χ4n) is 1.18. The molecule has 3 N–H and O–H groups in total. The molecule has 12 heavy (non-hydrogen) atoms. The van der Waals surface area contributed by atoms with Gasteiger partial charge in [-0.15, -0.1) is 0 Å². The number of hydrogen-bond donors (Lipinski definition) is 2. The lowest BCUT2D eigenvalue weighted by Crippen LogP contribution is -1.80. The van der Waals surface area contributed by atoms with E-state index in [0.717, 1.165) is 11.0 Å². The molecule has 0 radical (unpaired) electrons. The maximum Gasteiger partial charge on any atom is 0.136 e. The number of nitrogen functional groups attached to an aromatic ring is 1. The Balaban J connectivity index is 2.67. The van der Waals surface area contributed by atoms with Crippen molar-refractivity contribution < 1.29 is 9.52 Å². The van der Waals surface area contributed by atoms with Crippen LogP contribution in [0.4, 0.5) is 5.69 Å². The summed E-state index contributed by atoms with van der Waals surface area (Å²) in [6.45, 7) is -0.0748. The summed E-state index contributed by atoms with van der Waals surface area (Å²) in [6, 6.07) is 7.22. The van der Waals surface area contributed by atoms with Crippen LogP contribution < -0.4 is 5.73 Å². The van der Waals surface area contributed by atoms with E-state index in [-0.39, 0.29) is 6.61 Å². The second-order valence-corrected chi connectivity index (χ2v) is 2.67. The zero-order chi connectivity index (χ0) is 8.55. The van der Waals surface area contributed by atoms with Crippen molar-refractivity contribution in [3.63, 3.8) is 0 Å². The highest BCUT2D eigenvalue weighted by Crippen LogP contribution is 2.21. The van der Waals surface area contributed by atoms with Crippen LogP contribution in [0.1, 0.15) is 5.76 Å². The van der Waals surface area contributed by atoms with Gasteiger partial charge >= 0.3 is 0 Å². The molecule has 2 rings (SSSR count). The van der Waals surface area contributed by atoms with Crippen LogP contribution >= 0.6 is 0 Å². The molecule has 0 unspecified atom stereocenters. The van der Waals surface area contributed by atoms with Crippen molar-refractivity contribution in [3.05, 3.63) is 30.0 Å². The molecule has 1 aromatic carbocycles. The van der Waals surface area contributed by atoms with Gasteiger partial charge in [-0.2, -0.15) is 0 Å². The van der Waals surface area contributed by atoms with Gasteiger partial charge in [0.25, 0.3) is 0 Å². The van der Waals surface area contributed by atoms with Crippen LogP contribution in [0.5, 0.6) is 0 Å². The lowest BCUT2D eigenvalue weighted by atomic mass is 10.2. The zero-order valence-electron chi connectivity index (χ0n) is 6.45. The number of nitrogens with two attached hydrogens (primary N) is 1. The molecule has 1 aromatic heterocycles. The van der Waals surface area contributed by atoms with E-state index < -0.39 is 0 Å². The largest absolute Gasteiger partial charge is 0.459 e. The van der Waals surface area contributed by atoms with Crippen molar-refractivity contribution in [1.82, 2.24) is 0 Å². The summed E-state index contributed by atoms with van der Waals surface area (Å²) < 4.78 is 5.27. The monoisotopic (exact) mass is 163 g/mol. The highest BCUT2D eigenvalue weighted by Gasteiger charge is 2.01. The lowest BCUT2D eigenvalue weighted by molar-refractivity contribution is 0.251. The van der Waals surface area contributed by atoms with E-state index in [0.29, 0.717) is 11.4 Å². The van der Waals surface area contributed by atoms with Crippen LogP contribution in [0.25, 0.3) is 11.0 Å². The van der Waals surface area contributed by atoms with Crippen LogP contribution in [0.15, 0.2) is 28.7 Å². The summed E-state index contributed by atoms with van der Waals surface area (Å²) in [5.74, 6) is 0.565. The Hall–Kier alpha value is -1.48. The summed E-state index contributed by atoms with van der Waals surface area (Å²) >= 11 is 0. The fraction of sp³-hybridized carbons (Fsp3) is 0.111. The highest BCUT2D eigenvalue weighted by molar-refractivity contribution is 5.81. The van der Waals surface area contributed by atoms with Crippen molar-refractivity contribution in [1.29, 1.82) is 0 Å². The molecule has 0 spiro atoms. The quantitative estimate of drug-likeness (QED) is 0.626. The normalized spacial score (nSPS) is 10.8. The minimum Gasteiger partial charge on any atom is -0.459 e. The molecular formula is C9H9NO2. The number of aliphatic hydroxyl groups is 1. The summed E-state index contributed by atoms with van der Waals surface area (Å²) in [4.78, 5) is 0. The van der Waals surface area contributed by atoms with E-state index >= 15 is 0 Å². The molecule has 0 aliphatic carbocycles. The molecule has 0 saturated heterocycles. The number of anilines is 1. The Morgan fingerprint density at radius 3 is 2.92 bits per heavy atom. The van der Waals surface area contributed by atoms with Gasteiger partial charge in [-0.05, 0) is 18.2 Å². The Morgan fingerprint density at radius 2 is 2.17 bits per heavy atom. The molecule has 0 aliphatic heterocycles. The number of aliphatic hydroxyl groups excluding tert-OH is 1. The Kier molecular flexibility index (Phi) is 1.52. The van der Waals surface area contributed by atoms with E-state index in [1.807, 2.05) is 6.07 Å². The maximum atomic E-state index is 8.78. The summed E-state index contributed by atoms with van der Waals surface area (Å²) in [7, 11) is 0. The summed E-state index contributed by atoms with van der Waals surface area (Å²) in [5.41, 5.74) is 6.94. The van der Waals surface area contributed by atoms with Gasteiger partial charge in [-0.25, -0.2) is 0 Å². The van der Waals surface area contributed by atoms with Crippen LogP contribution in [-0.4, -0.2) is 5.11 Å². The van der Waals surface area contributed by atoms with Crippen LogP contribution in [-0.2, 0) is 6.61 Å². The number of benzene rings is 1. The number of rotatable bonds is 1. The second kappa shape index (κ2) is 2.53. The number of furan rings is 1. The summed E-state index contributed by atoms with van der Waals surface area (Å²) in [6.07, 6.45) is 0. The van der Waals surface area contributed by atoms with E-state index in [2.05, 4.69) is 0 Å². The van der Waals surface area contributed by atoms with Gasteiger partial charge in [0.1, 0.15) is 18.0 Å². The molecule has 3 heteroatoms. The molecule has 0 aliphatic rings. The Labute approximate surface area is 69.4 Å². The number of hydrogen-bond acceptors (Lipinski definition) is 3. The van der Waals surface area contributed by atoms with Gasteiger partial charge in [0.05, 0.1) is 0 Å². The van der Waals surface area contributed by atoms with Gasteiger partial charge in [0.15, 0.2) is 0 Å². The van der Waals surface area contributed by atoms with Crippen molar-refractivity contribution in [2.75, 3.05) is 5.73 Å². The fourth-order valence-corrected chi connectivity index (χ4v) is 1.18. The molecule has 1 heterocycles. The maximum absolute atomic E-state index is 8.78. The minimum atomic E-state index is -0.0748. The van der Waals surface area contributed by atoms with E-state index in [4.69, 9.17) is 15.3 Å². The number of fused-ring (bicyclic) bond motifs is 1. The predicted octanol–water partition coefficient (Wildman–Crippen LogP) is 1.51. The smallest absolute Gasteiger partial charge is 0.136 e. The van der Waals surface area contributed by atoms with Crippen LogP contribution in [0, 0.1) is 0 Å². The average molecular weight is 163 g/mol. The minimum absolute atomic E-state index is 0.0748. The van der Waals surface area contributed by atoms with Gasteiger partial charge in [-0.1, -0.05) is 0 Å². The van der Waals surface area contributed by atoms with Gasteiger partial charge in [0.2, 0.25) is 0 Å². The van der Waals surface area contributed by atoms with Crippen LogP contribution in [0.3, 0.4) is 0 Å². The third kappa shape index (κ3) is 1.04. The SMILES string of the molecule is Nc1ccc2cc(CO)oc2c1. The Morgan fingerprint density at radius 1 is 1.33 bits per heavy atom. The van der Waals surface area contributed by atoms with Gasteiger partial charge < -0.3 is 15.3 Å². The highest BCUT2D eigenvalue weighted by atomic mass is 16.4. The van der Waals surface area contributed by atoms with Crippen molar-refractivity contribution in [2.24, 2.45) is 0 Å². The molecule has 3 nitrogen and oxygen atoms in total. The molecule has 0 fully saturated rings. The Bertz CT molecular complexity index is 406. The standard InChI is InChI=1S/C9H9NO2/c10-7-2-1-6-3-8(5-11)12-9(6)4-7/h1-4,11H,5,10H2. The molecule has 2 aromatic rings. The van der Waals surface area contributed by atoms with Gasteiger partial charge in [-0.3, -0.25) is 0 Å². The van der Waals surface area contributed by atoms with E-state index in [9.17, 15) is 0 Å². The molecule has 62 valence electrons. The first-order valence-corrected chi connectivity index (χ1v) is 3.68. The third-order valence-corrected chi connectivity index (χ3v) is 1.75. The molecule has 0 bridgehead atoms. The molecule has 0 amide bonds. The van der Waals surface area contributed by atoms with E-state index in [1.165, 1.54) is 0 Å². The first kappa shape index (κ1) is 7.18. The third-order valence-electron chi connectivity index (χ3n) is 1.75. The molecule has 0 saturated carbocycles. The lowest BCUT2D eigenvalue weighted by Gasteiger charge is -1.89. The topological polar surface area (TPSA) is 59.4 Å². The first-order chi connectivity index (χ1) is 5.79. The van der Waals surface area contributed by atoms with Crippen molar-refractivity contribution in [2.45, 2.75) is 6.61 Å². The van der Waals surface area contributed by atoms with Crippen molar-refractivity contribution >= 4 is 16.7 Å². The van der Waals surface area contributed by atoms with E-state index in [1.54, 1.807) is 18.2 Å². The second-order valence-electron chi connectivity index (χ2n) is 2.67.